The minimum absolute atomic E-state index is 0.0844. The molecule has 1 N–H and O–H groups in total. The molecular weight excluding hydrogens is 354 g/mol. The smallest absolute Gasteiger partial charge is 0.251 e. The maximum atomic E-state index is 12.5. The van der Waals surface area contributed by atoms with Gasteiger partial charge in [0, 0.05) is 44.7 Å². The third-order valence-electron chi connectivity index (χ3n) is 6.58. The Morgan fingerprint density at radius 3 is 2.43 bits per heavy atom. The van der Waals surface area contributed by atoms with Gasteiger partial charge in [0.2, 0.25) is 5.91 Å². The predicted octanol–water partition coefficient (Wildman–Crippen LogP) is 1.55. The van der Waals surface area contributed by atoms with Crippen molar-refractivity contribution in [1.29, 1.82) is 0 Å². The molecule has 2 heterocycles. The van der Waals surface area contributed by atoms with E-state index in [9.17, 15) is 9.59 Å². The maximum absolute atomic E-state index is 12.5. The first-order valence-corrected chi connectivity index (χ1v) is 10.6. The van der Waals surface area contributed by atoms with Gasteiger partial charge in [0.1, 0.15) is 6.10 Å². The van der Waals surface area contributed by atoms with E-state index in [0.717, 1.165) is 38.8 Å². The molecule has 1 aromatic rings. The summed E-state index contributed by atoms with van der Waals surface area (Å²) in [5.74, 6) is 0.206. The van der Waals surface area contributed by atoms with Crippen LogP contribution in [0.4, 0.5) is 0 Å². The molecule has 1 aliphatic carbocycles. The highest BCUT2D eigenvalue weighted by Gasteiger charge is 2.38. The van der Waals surface area contributed by atoms with Crippen LogP contribution in [0.15, 0.2) is 30.3 Å². The fourth-order valence-corrected chi connectivity index (χ4v) is 4.59. The minimum atomic E-state index is -0.244. The molecule has 1 unspecified atom stereocenters. The lowest BCUT2D eigenvalue weighted by Crippen LogP contribution is -2.54. The lowest BCUT2D eigenvalue weighted by Gasteiger charge is -2.43. The summed E-state index contributed by atoms with van der Waals surface area (Å²) >= 11 is 0. The molecule has 3 fully saturated rings. The van der Waals surface area contributed by atoms with E-state index in [2.05, 4.69) is 34.5 Å². The highest BCUT2D eigenvalue weighted by atomic mass is 16.5. The Bertz CT molecular complexity index is 676. The van der Waals surface area contributed by atoms with Gasteiger partial charge >= 0.3 is 0 Å². The van der Waals surface area contributed by atoms with Gasteiger partial charge in [-0.2, -0.15) is 0 Å². The number of carbonyl (C=O) groups excluding carboxylic acids is 2. The van der Waals surface area contributed by atoms with Gasteiger partial charge in [0.25, 0.3) is 5.91 Å². The molecule has 0 spiro atoms. The molecule has 2 aliphatic heterocycles. The lowest BCUT2D eigenvalue weighted by atomic mass is 9.64. The van der Waals surface area contributed by atoms with Gasteiger partial charge in [0.05, 0.1) is 6.54 Å². The first-order valence-electron chi connectivity index (χ1n) is 10.6. The highest BCUT2D eigenvalue weighted by Crippen LogP contribution is 2.43. The molecule has 6 nitrogen and oxygen atoms in total. The van der Waals surface area contributed by atoms with Crippen LogP contribution in [0, 0.1) is 0 Å². The zero-order valence-corrected chi connectivity index (χ0v) is 16.6. The molecular formula is C22H31N3O3. The second-order valence-electron chi connectivity index (χ2n) is 8.38. The molecule has 152 valence electrons. The molecule has 2 saturated heterocycles. The van der Waals surface area contributed by atoms with Crippen LogP contribution in [0.3, 0.4) is 0 Å². The van der Waals surface area contributed by atoms with Crippen molar-refractivity contribution in [1.82, 2.24) is 15.1 Å². The van der Waals surface area contributed by atoms with Gasteiger partial charge in [-0.3, -0.25) is 14.5 Å². The minimum Gasteiger partial charge on any atom is -0.368 e. The Hall–Kier alpha value is -1.92. The van der Waals surface area contributed by atoms with Crippen molar-refractivity contribution >= 4 is 11.8 Å². The molecule has 1 aromatic carbocycles. The number of ether oxygens (including phenoxy) is 1. The number of nitrogens with one attached hydrogen (secondary N) is 1. The van der Waals surface area contributed by atoms with E-state index in [1.54, 1.807) is 0 Å². The molecule has 0 aromatic heterocycles. The Kier molecular flexibility index (Phi) is 5.97. The van der Waals surface area contributed by atoms with E-state index in [1.165, 1.54) is 12.0 Å². The molecule has 3 aliphatic rings. The van der Waals surface area contributed by atoms with Crippen LogP contribution in [0.2, 0.25) is 0 Å². The van der Waals surface area contributed by atoms with E-state index in [1.807, 2.05) is 11.0 Å². The molecule has 1 saturated carbocycles. The molecule has 2 amide bonds. The molecule has 4 rings (SSSR count). The summed E-state index contributed by atoms with van der Waals surface area (Å²) in [5, 5.41) is 3.17. The number of amides is 2. The predicted molar refractivity (Wildman–Crippen MR) is 107 cm³/mol. The first kappa shape index (κ1) is 19.4. The van der Waals surface area contributed by atoms with Crippen LogP contribution in [0.1, 0.15) is 37.7 Å². The van der Waals surface area contributed by atoms with Crippen molar-refractivity contribution in [2.45, 2.75) is 43.6 Å². The fourth-order valence-electron chi connectivity index (χ4n) is 4.59. The summed E-state index contributed by atoms with van der Waals surface area (Å²) in [6.07, 6.45) is 5.08. The van der Waals surface area contributed by atoms with E-state index in [0.29, 0.717) is 32.8 Å². The van der Waals surface area contributed by atoms with Crippen LogP contribution in [0.25, 0.3) is 0 Å². The summed E-state index contributed by atoms with van der Waals surface area (Å²) in [4.78, 5) is 29.0. The summed E-state index contributed by atoms with van der Waals surface area (Å²) in [6, 6.07) is 10.5. The number of piperazine rings is 1. The van der Waals surface area contributed by atoms with E-state index in [4.69, 9.17) is 4.74 Å². The van der Waals surface area contributed by atoms with Crippen molar-refractivity contribution < 1.29 is 14.3 Å². The standard InChI is InChI=1S/C22H31N3O3/c26-20(23-17-22(9-5-10-22)18-6-2-1-3-7-18)16-24-11-13-25(14-12-24)21(27)19-8-4-15-28-19/h1-3,6-7,19H,4-5,8-17H2,(H,23,26). The topological polar surface area (TPSA) is 61.9 Å². The number of benzene rings is 1. The van der Waals surface area contributed by atoms with Crippen molar-refractivity contribution in [3.8, 4) is 0 Å². The van der Waals surface area contributed by atoms with Crippen LogP contribution in [-0.4, -0.2) is 73.6 Å². The number of hydrogen-bond acceptors (Lipinski definition) is 4. The van der Waals surface area contributed by atoms with Crippen LogP contribution in [0.5, 0.6) is 0 Å². The Balaban J connectivity index is 1.21. The zero-order chi connectivity index (χ0) is 19.4. The van der Waals surface area contributed by atoms with Crippen molar-refractivity contribution in [2.75, 3.05) is 45.9 Å². The Morgan fingerprint density at radius 1 is 1.07 bits per heavy atom. The van der Waals surface area contributed by atoms with Crippen LogP contribution >= 0.6 is 0 Å². The van der Waals surface area contributed by atoms with Crippen LogP contribution in [-0.2, 0) is 19.7 Å². The third kappa shape index (κ3) is 4.23. The van der Waals surface area contributed by atoms with Crippen molar-refractivity contribution in [2.24, 2.45) is 0 Å². The summed E-state index contributed by atoms with van der Waals surface area (Å²) in [7, 11) is 0. The van der Waals surface area contributed by atoms with Crippen molar-refractivity contribution in [3.05, 3.63) is 35.9 Å². The molecule has 0 bridgehead atoms. The van der Waals surface area contributed by atoms with Gasteiger partial charge in [0.15, 0.2) is 0 Å². The monoisotopic (exact) mass is 385 g/mol. The number of rotatable bonds is 6. The number of carbonyl (C=O) groups is 2. The molecule has 1 atom stereocenters. The fraction of sp³-hybridized carbons (Fsp3) is 0.636. The Morgan fingerprint density at radius 2 is 1.82 bits per heavy atom. The Labute approximate surface area is 167 Å². The maximum Gasteiger partial charge on any atom is 0.251 e. The third-order valence-corrected chi connectivity index (χ3v) is 6.58. The first-order chi connectivity index (χ1) is 13.7. The van der Waals surface area contributed by atoms with Gasteiger partial charge in [-0.1, -0.05) is 36.8 Å². The number of nitrogens with zero attached hydrogens (tertiary/aromatic N) is 2. The van der Waals surface area contributed by atoms with E-state index in [-0.39, 0.29) is 23.3 Å². The van der Waals surface area contributed by atoms with Crippen molar-refractivity contribution in [3.63, 3.8) is 0 Å². The summed E-state index contributed by atoms with van der Waals surface area (Å²) in [6.45, 7) is 4.67. The molecule has 28 heavy (non-hydrogen) atoms. The van der Waals surface area contributed by atoms with Gasteiger partial charge < -0.3 is 15.0 Å². The summed E-state index contributed by atoms with van der Waals surface area (Å²) < 4.78 is 5.51. The summed E-state index contributed by atoms with van der Waals surface area (Å²) in [5.41, 5.74) is 1.45. The number of hydrogen-bond donors (Lipinski definition) is 1. The largest absolute Gasteiger partial charge is 0.368 e. The zero-order valence-electron chi connectivity index (χ0n) is 16.6. The second kappa shape index (κ2) is 8.62. The van der Waals surface area contributed by atoms with Gasteiger partial charge in [-0.15, -0.1) is 0 Å². The SMILES string of the molecule is O=C(CN1CCN(C(=O)C2CCCO2)CC1)NCC1(c2ccccc2)CCC1. The quantitative estimate of drug-likeness (QED) is 0.807. The molecule has 0 radical (unpaired) electrons. The van der Waals surface area contributed by atoms with Gasteiger partial charge in [-0.25, -0.2) is 0 Å². The molecule has 6 heteroatoms. The lowest BCUT2D eigenvalue weighted by molar-refractivity contribution is -0.142. The van der Waals surface area contributed by atoms with Gasteiger partial charge in [-0.05, 0) is 31.2 Å². The normalized spacial score (nSPS) is 24.6. The average Bonchev–Trinajstić information content (AvgIpc) is 3.23. The van der Waals surface area contributed by atoms with E-state index >= 15 is 0 Å². The highest BCUT2D eigenvalue weighted by molar-refractivity contribution is 5.81. The van der Waals surface area contributed by atoms with E-state index < -0.39 is 0 Å². The average molecular weight is 386 g/mol. The second-order valence-corrected chi connectivity index (χ2v) is 8.38. The van der Waals surface area contributed by atoms with Crippen LogP contribution < -0.4 is 5.32 Å².